The van der Waals surface area contributed by atoms with E-state index in [0.717, 1.165) is 36.8 Å². The number of halogens is 1. The van der Waals surface area contributed by atoms with Gasteiger partial charge in [-0.05, 0) is 49.1 Å². The molecule has 2 aliphatic rings. The van der Waals surface area contributed by atoms with Gasteiger partial charge in [-0.15, -0.1) is 0 Å². The zero-order valence-electron chi connectivity index (χ0n) is 20.7. The number of carbonyl (C=O) groups excluding carboxylic acids is 2. The molecular formula is C28H35ClN2O4. The van der Waals surface area contributed by atoms with Gasteiger partial charge in [0.2, 0.25) is 11.8 Å². The molecule has 7 heteroatoms. The third-order valence-electron chi connectivity index (χ3n) is 7.06. The first-order valence-electron chi connectivity index (χ1n) is 12.4. The summed E-state index contributed by atoms with van der Waals surface area (Å²) in [6, 6.07) is 15.4. The number of ether oxygens (including phenoxy) is 2. The number of aryl methyl sites for hydroxylation is 1. The summed E-state index contributed by atoms with van der Waals surface area (Å²) >= 11 is 6.17. The van der Waals surface area contributed by atoms with Crippen molar-refractivity contribution in [2.24, 2.45) is 5.92 Å². The number of hydrogen-bond acceptors (Lipinski definition) is 4. The molecule has 1 atom stereocenters. The van der Waals surface area contributed by atoms with Crippen LogP contribution in [0.5, 0.6) is 5.75 Å². The molecule has 2 amide bonds. The highest BCUT2D eigenvalue weighted by molar-refractivity contribution is 6.31. The highest BCUT2D eigenvalue weighted by atomic mass is 35.5. The highest BCUT2D eigenvalue weighted by Crippen LogP contribution is 2.31. The number of morpholine rings is 1. The molecular weight excluding hydrogens is 464 g/mol. The number of nitrogens with zero attached hydrogens (tertiary/aromatic N) is 2. The van der Waals surface area contributed by atoms with E-state index in [1.165, 1.54) is 0 Å². The highest BCUT2D eigenvalue weighted by Gasteiger charge is 2.43. The van der Waals surface area contributed by atoms with Crippen molar-refractivity contribution in [1.82, 2.24) is 9.80 Å². The summed E-state index contributed by atoms with van der Waals surface area (Å²) in [4.78, 5) is 30.2. The second kappa shape index (κ2) is 11.4. The summed E-state index contributed by atoms with van der Waals surface area (Å²) in [5.74, 6) is 0.892. The van der Waals surface area contributed by atoms with Crippen molar-refractivity contribution in [3.63, 3.8) is 0 Å². The van der Waals surface area contributed by atoms with E-state index >= 15 is 0 Å². The van der Waals surface area contributed by atoms with Crippen LogP contribution >= 0.6 is 11.6 Å². The molecule has 0 bridgehead atoms. The van der Waals surface area contributed by atoms with Gasteiger partial charge in [-0.1, -0.05) is 54.8 Å². The Hall–Kier alpha value is -2.57. The Balaban J connectivity index is 1.50. The Kier molecular flexibility index (Phi) is 8.34. The van der Waals surface area contributed by atoms with Crippen molar-refractivity contribution < 1.29 is 19.1 Å². The van der Waals surface area contributed by atoms with E-state index in [0.29, 0.717) is 37.0 Å². The lowest BCUT2D eigenvalue weighted by atomic mass is 9.95. The Morgan fingerprint density at radius 1 is 1.17 bits per heavy atom. The van der Waals surface area contributed by atoms with Gasteiger partial charge in [-0.25, -0.2) is 0 Å². The normalized spacial score (nSPS) is 20.6. The topological polar surface area (TPSA) is 59.1 Å². The van der Waals surface area contributed by atoms with Gasteiger partial charge < -0.3 is 19.3 Å². The van der Waals surface area contributed by atoms with Crippen LogP contribution in [0.2, 0.25) is 5.02 Å². The van der Waals surface area contributed by atoms with E-state index < -0.39 is 5.60 Å². The Labute approximate surface area is 213 Å². The zero-order valence-corrected chi connectivity index (χ0v) is 21.4. The maximum Gasteiger partial charge on any atom is 0.225 e. The second-order valence-electron chi connectivity index (χ2n) is 9.88. The molecule has 0 unspecified atom stereocenters. The first kappa shape index (κ1) is 25.5. The molecule has 0 spiro atoms. The SMILES string of the molecule is Cc1cc(OC[C@@]2(CC(=O)N(C)Cc3ccccc3)CN(C(=O)C3CCCC3)CCO2)ccc1Cl. The van der Waals surface area contributed by atoms with Gasteiger partial charge in [0, 0.05) is 31.1 Å². The van der Waals surface area contributed by atoms with Crippen LogP contribution in [-0.4, -0.2) is 60.6 Å². The van der Waals surface area contributed by atoms with E-state index in [9.17, 15) is 9.59 Å². The summed E-state index contributed by atoms with van der Waals surface area (Å²) in [7, 11) is 1.80. The first-order valence-corrected chi connectivity index (χ1v) is 12.8. The minimum absolute atomic E-state index is 0.0418. The minimum atomic E-state index is -0.915. The third kappa shape index (κ3) is 6.56. The second-order valence-corrected chi connectivity index (χ2v) is 10.3. The minimum Gasteiger partial charge on any atom is -0.490 e. The Morgan fingerprint density at radius 2 is 1.91 bits per heavy atom. The van der Waals surface area contributed by atoms with Crippen LogP contribution < -0.4 is 4.74 Å². The Morgan fingerprint density at radius 3 is 2.63 bits per heavy atom. The molecule has 188 valence electrons. The fourth-order valence-electron chi connectivity index (χ4n) is 4.99. The van der Waals surface area contributed by atoms with Gasteiger partial charge in [0.15, 0.2) is 0 Å². The lowest BCUT2D eigenvalue weighted by Gasteiger charge is -2.43. The number of benzene rings is 2. The maximum absolute atomic E-state index is 13.3. The van der Waals surface area contributed by atoms with Crippen molar-refractivity contribution in [2.45, 2.75) is 51.2 Å². The molecule has 6 nitrogen and oxygen atoms in total. The molecule has 2 aromatic carbocycles. The summed E-state index contributed by atoms with van der Waals surface area (Å²) in [5.41, 5.74) is 1.06. The number of carbonyl (C=O) groups is 2. The molecule has 1 heterocycles. The van der Waals surface area contributed by atoms with Crippen molar-refractivity contribution in [3.05, 3.63) is 64.7 Å². The van der Waals surface area contributed by atoms with E-state index in [2.05, 4.69) is 0 Å². The lowest BCUT2D eigenvalue weighted by molar-refractivity contribution is -0.167. The van der Waals surface area contributed by atoms with E-state index in [1.807, 2.05) is 54.3 Å². The zero-order chi connectivity index (χ0) is 24.8. The van der Waals surface area contributed by atoms with Crippen LogP contribution in [0.1, 0.15) is 43.2 Å². The van der Waals surface area contributed by atoms with Crippen molar-refractivity contribution in [3.8, 4) is 5.75 Å². The first-order chi connectivity index (χ1) is 16.8. The summed E-state index contributed by atoms with van der Waals surface area (Å²) < 4.78 is 12.4. The Bertz CT molecular complexity index is 1020. The molecule has 2 fully saturated rings. The molecule has 1 saturated carbocycles. The van der Waals surface area contributed by atoms with Crippen LogP contribution in [0.4, 0.5) is 0 Å². The molecule has 0 N–H and O–H groups in total. The van der Waals surface area contributed by atoms with Crippen LogP contribution in [-0.2, 0) is 20.9 Å². The molecule has 1 aliphatic heterocycles. The summed E-state index contributed by atoms with van der Waals surface area (Å²) in [6.45, 7) is 3.89. The fraction of sp³-hybridized carbons (Fsp3) is 0.500. The van der Waals surface area contributed by atoms with E-state index in [4.69, 9.17) is 21.1 Å². The third-order valence-corrected chi connectivity index (χ3v) is 7.48. The predicted molar refractivity (Wildman–Crippen MR) is 136 cm³/mol. The molecule has 1 aliphatic carbocycles. The summed E-state index contributed by atoms with van der Waals surface area (Å²) in [6.07, 6.45) is 4.24. The average Bonchev–Trinajstić information content (AvgIpc) is 3.40. The van der Waals surface area contributed by atoms with Crippen LogP contribution in [0, 0.1) is 12.8 Å². The van der Waals surface area contributed by atoms with Crippen molar-refractivity contribution >= 4 is 23.4 Å². The molecule has 4 rings (SSSR count). The van der Waals surface area contributed by atoms with Gasteiger partial charge in [0.1, 0.15) is 18.0 Å². The molecule has 35 heavy (non-hydrogen) atoms. The number of hydrogen-bond donors (Lipinski definition) is 0. The van der Waals surface area contributed by atoms with E-state index in [-0.39, 0.29) is 30.8 Å². The molecule has 0 aromatic heterocycles. The van der Waals surface area contributed by atoms with Gasteiger partial charge in [-0.3, -0.25) is 9.59 Å². The standard InChI is InChI=1S/C28H35ClN2O4/c1-21-16-24(12-13-25(21)29)34-20-28(17-26(32)30(2)18-22-8-4-3-5-9-22)19-31(14-15-35-28)27(33)23-10-6-7-11-23/h3-5,8-9,12-13,16,23H,6-7,10-11,14-15,17-20H2,1-2H3/t28-/m1/s1. The van der Waals surface area contributed by atoms with E-state index in [1.54, 1.807) is 18.0 Å². The maximum atomic E-state index is 13.3. The lowest BCUT2D eigenvalue weighted by Crippen LogP contribution is -2.59. The van der Waals surface area contributed by atoms with Gasteiger partial charge in [0.25, 0.3) is 0 Å². The molecule has 1 saturated heterocycles. The number of rotatable bonds is 8. The van der Waals surface area contributed by atoms with Crippen LogP contribution in [0.25, 0.3) is 0 Å². The summed E-state index contributed by atoms with van der Waals surface area (Å²) in [5, 5.41) is 0.673. The van der Waals surface area contributed by atoms with Crippen LogP contribution in [0.3, 0.4) is 0 Å². The fourth-order valence-corrected chi connectivity index (χ4v) is 5.10. The van der Waals surface area contributed by atoms with Crippen LogP contribution in [0.15, 0.2) is 48.5 Å². The van der Waals surface area contributed by atoms with Crippen molar-refractivity contribution in [2.75, 3.05) is 33.4 Å². The average molecular weight is 499 g/mol. The largest absolute Gasteiger partial charge is 0.490 e. The smallest absolute Gasteiger partial charge is 0.225 e. The molecule has 0 radical (unpaired) electrons. The predicted octanol–water partition coefficient (Wildman–Crippen LogP) is 4.86. The van der Waals surface area contributed by atoms with Gasteiger partial charge in [-0.2, -0.15) is 0 Å². The van der Waals surface area contributed by atoms with Crippen molar-refractivity contribution in [1.29, 1.82) is 0 Å². The molecule has 2 aromatic rings. The number of amides is 2. The monoisotopic (exact) mass is 498 g/mol. The van der Waals surface area contributed by atoms with Gasteiger partial charge in [0.05, 0.1) is 19.6 Å². The quantitative estimate of drug-likeness (QED) is 0.521. The van der Waals surface area contributed by atoms with Gasteiger partial charge >= 0.3 is 0 Å².